The fourth-order valence-electron chi connectivity index (χ4n) is 3.34. The summed E-state index contributed by atoms with van der Waals surface area (Å²) in [7, 11) is 4.23. The number of fused-ring (bicyclic) bond motifs is 1. The van der Waals surface area contributed by atoms with Crippen LogP contribution in [0.1, 0.15) is 12.5 Å². The number of aliphatic imine (C=N–C) groups is 1. The smallest absolute Gasteiger partial charge is 0.387 e. The average molecular weight is 413 g/mol. The van der Waals surface area contributed by atoms with Gasteiger partial charge in [-0.05, 0) is 27.1 Å². The lowest BCUT2D eigenvalue weighted by Crippen LogP contribution is -2.55. The zero-order valence-electron chi connectivity index (χ0n) is 17.1. The van der Waals surface area contributed by atoms with Crippen LogP contribution in [-0.4, -0.2) is 82.0 Å². The molecule has 1 saturated heterocycles. The van der Waals surface area contributed by atoms with Crippen molar-refractivity contribution in [1.29, 1.82) is 0 Å². The Labute approximate surface area is 169 Å². The molecule has 1 unspecified atom stereocenters. The summed E-state index contributed by atoms with van der Waals surface area (Å²) in [4.78, 5) is 9.17. The summed E-state index contributed by atoms with van der Waals surface area (Å²) >= 11 is 0. The highest BCUT2D eigenvalue weighted by molar-refractivity contribution is 5.79. The molecule has 3 rings (SSSR count). The minimum atomic E-state index is -2.93. The molecule has 162 valence electrons. The van der Waals surface area contributed by atoms with Crippen LogP contribution >= 0.6 is 0 Å². The van der Waals surface area contributed by atoms with Gasteiger partial charge < -0.3 is 29.7 Å². The standard InChI is InChI=1S/C19H29F2N5O3/c1-4-22-19(24-10-14-11-25(2)5-6-26(14)3)23-9-13-7-16-17(28-12-27-16)8-15(13)29-18(20)21/h7-8,14,18H,4-6,9-12H2,1-3H3,(H2,22,23,24). The summed E-state index contributed by atoms with van der Waals surface area (Å²) in [5.74, 6) is 1.55. The molecule has 10 heteroatoms. The summed E-state index contributed by atoms with van der Waals surface area (Å²) in [6.07, 6.45) is 0. The number of hydrogen-bond donors (Lipinski definition) is 2. The van der Waals surface area contributed by atoms with Gasteiger partial charge in [0.1, 0.15) is 5.75 Å². The zero-order chi connectivity index (χ0) is 20.8. The highest BCUT2D eigenvalue weighted by Crippen LogP contribution is 2.39. The Morgan fingerprint density at radius 3 is 2.72 bits per heavy atom. The Morgan fingerprint density at radius 1 is 1.24 bits per heavy atom. The summed E-state index contributed by atoms with van der Waals surface area (Å²) < 4.78 is 40.9. The van der Waals surface area contributed by atoms with Crippen molar-refractivity contribution in [3.63, 3.8) is 0 Å². The van der Waals surface area contributed by atoms with E-state index in [1.54, 1.807) is 6.07 Å². The van der Waals surface area contributed by atoms with E-state index in [9.17, 15) is 8.78 Å². The molecule has 2 N–H and O–H groups in total. The molecule has 2 heterocycles. The lowest BCUT2D eigenvalue weighted by atomic mass is 10.1. The quantitative estimate of drug-likeness (QED) is 0.516. The third-order valence-electron chi connectivity index (χ3n) is 5.01. The molecule has 8 nitrogen and oxygen atoms in total. The van der Waals surface area contributed by atoms with Gasteiger partial charge in [-0.25, -0.2) is 4.99 Å². The van der Waals surface area contributed by atoms with Gasteiger partial charge in [-0.2, -0.15) is 8.78 Å². The van der Waals surface area contributed by atoms with Gasteiger partial charge in [-0.3, -0.25) is 4.90 Å². The van der Waals surface area contributed by atoms with Crippen molar-refractivity contribution in [2.24, 2.45) is 4.99 Å². The van der Waals surface area contributed by atoms with Crippen LogP contribution in [0, 0.1) is 0 Å². The Balaban J connectivity index is 1.69. The molecule has 0 amide bonds. The number of benzene rings is 1. The van der Waals surface area contributed by atoms with Crippen molar-refractivity contribution in [2.45, 2.75) is 26.1 Å². The molecular weight excluding hydrogens is 384 g/mol. The number of hydrogen-bond acceptors (Lipinski definition) is 6. The summed E-state index contributed by atoms with van der Waals surface area (Å²) in [5.41, 5.74) is 0.501. The van der Waals surface area contributed by atoms with E-state index in [2.05, 4.69) is 44.3 Å². The van der Waals surface area contributed by atoms with Crippen molar-refractivity contribution in [2.75, 3.05) is 53.6 Å². The number of nitrogens with one attached hydrogen (secondary N) is 2. The van der Waals surface area contributed by atoms with Crippen molar-refractivity contribution in [1.82, 2.24) is 20.4 Å². The Morgan fingerprint density at radius 2 is 2.00 bits per heavy atom. The molecule has 2 aliphatic heterocycles. The van der Waals surface area contributed by atoms with E-state index in [1.807, 2.05) is 6.92 Å². The molecule has 1 aromatic carbocycles. The first-order valence-corrected chi connectivity index (χ1v) is 9.74. The number of alkyl halides is 2. The van der Waals surface area contributed by atoms with Crippen LogP contribution in [0.3, 0.4) is 0 Å². The summed E-state index contributed by atoms with van der Waals surface area (Å²) in [6, 6.07) is 3.42. The maximum atomic E-state index is 12.8. The molecule has 1 atom stereocenters. The molecule has 1 aromatic rings. The third-order valence-corrected chi connectivity index (χ3v) is 5.01. The fraction of sp³-hybridized carbons (Fsp3) is 0.632. The SMILES string of the molecule is CCNC(=NCc1cc2c(cc1OC(F)F)OCO2)NCC1CN(C)CCN1C. The van der Waals surface area contributed by atoms with E-state index in [0.29, 0.717) is 35.6 Å². The molecular formula is C19H29F2N5O3. The Hall–Kier alpha value is -2.33. The van der Waals surface area contributed by atoms with Gasteiger partial charge in [0, 0.05) is 50.4 Å². The van der Waals surface area contributed by atoms with Gasteiger partial charge in [0.2, 0.25) is 6.79 Å². The monoisotopic (exact) mass is 413 g/mol. The molecule has 0 spiro atoms. The van der Waals surface area contributed by atoms with Crippen molar-refractivity contribution in [3.05, 3.63) is 17.7 Å². The minimum absolute atomic E-state index is 0.0393. The van der Waals surface area contributed by atoms with E-state index < -0.39 is 6.61 Å². The van der Waals surface area contributed by atoms with Crippen LogP contribution in [0.4, 0.5) is 8.78 Å². The van der Waals surface area contributed by atoms with Gasteiger partial charge in [-0.1, -0.05) is 0 Å². The fourth-order valence-corrected chi connectivity index (χ4v) is 3.34. The van der Waals surface area contributed by atoms with Crippen LogP contribution in [0.25, 0.3) is 0 Å². The lowest BCUT2D eigenvalue weighted by Gasteiger charge is -2.37. The van der Waals surface area contributed by atoms with Gasteiger partial charge in [0.15, 0.2) is 17.5 Å². The maximum absolute atomic E-state index is 12.8. The van der Waals surface area contributed by atoms with E-state index >= 15 is 0 Å². The van der Waals surface area contributed by atoms with Gasteiger partial charge in [0.25, 0.3) is 0 Å². The number of likely N-dealkylation sites (N-methyl/N-ethyl adjacent to an activating group) is 2. The zero-order valence-corrected chi connectivity index (χ0v) is 17.1. The highest BCUT2D eigenvalue weighted by atomic mass is 19.3. The molecule has 0 bridgehead atoms. The average Bonchev–Trinajstić information content (AvgIpc) is 3.13. The molecule has 0 radical (unpaired) electrons. The second kappa shape index (κ2) is 9.93. The number of ether oxygens (including phenoxy) is 3. The number of piperazine rings is 1. The van der Waals surface area contributed by atoms with E-state index in [-0.39, 0.29) is 19.1 Å². The van der Waals surface area contributed by atoms with Gasteiger partial charge in [-0.15, -0.1) is 0 Å². The van der Waals surface area contributed by atoms with Crippen LogP contribution in [0.15, 0.2) is 17.1 Å². The number of nitrogens with zero attached hydrogens (tertiary/aromatic N) is 3. The largest absolute Gasteiger partial charge is 0.454 e. The number of rotatable bonds is 7. The maximum Gasteiger partial charge on any atom is 0.387 e. The first-order valence-electron chi connectivity index (χ1n) is 9.74. The molecule has 0 saturated carbocycles. The van der Waals surface area contributed by atoms with Gasteiger partial charge >= 0.3 is 6.61 Å². The summed E-state index contributed by atoms with van der Waals surface area (Å²) in [6.45, 7) is 3.73. The molecule has 1 fully saturated rings. The Kier molecular flexibility index (Phi) is 7.32. The third kappa shape index (κ3) is 5.83. The van der Waals surface area contributed by atoms with E-state index in [4.69, 9.17) is 9.47 Å². The van der Waals surface area contributed by atoms with Crippen LogP contribution in [-0.2, 0) is 6.54 Å². The van der Waals surface area contributed by atoms with Crippen LogP contribution in [0.5, 0.6) is 17.2 Å². The van der Waals surface area contributed by atoms with Crippen molar-refractivity contribution in [3.8, 4) is 17.2 Å². The van der Waals surface area contributed by atoms with E-state index in [0.717, 1.165) is 26.2 Å². The molecule has 2 aliphatic rings. The number of guanidine groups is 1. The van der Waals surface area contributed by atoms with Crippen molar-refractivity contribution >= 4 is 5.96 Å². The Bertz CT molecular complexity index is 719. The molecule has 0 aliphatic carbocycles. The summed E-state index contributed by atoms with van der Waals surface area (Å²) in [5, 5.41) is 6.54. The van der Waals surface area contributed by atoms with Crippen LogP contribution < -0.4 is 24.8 Å². The molecule has 29 heavy (non-hydrogen) atoms. The predicted molar refractivity (Wildman–Crippen MR) is 106 cm³/mol. The first-order chi connectivity index (χ1) is 14.0. The second-order valence-corrected chi connectivity index (χ2v) is 7.16. The van der Waals surface area contributed by atoms with Gasteiger partial charge in [0.05, 0.1) is 6.54 Å². The normalized spacial score (nSPS) is 20.2. The lowest BCUT2D eigenvalue weighted by molar-refractivity contribution is -0.0505. The first kappa shape index (κ1) is 21.4. The molecule has 0 aromatic heterocycles. The minimum Gasteiger partial charge on any atom is -0.454 e. The van der Waals surface area contributed by atoms with E-state index in [1.165, 1.54) is 6.07 Å². The predicted octanol–water partition coefficient (Wildman–Crippen LogP) is 1.32. The number of halogens is 2. The topological polar surface area (TPSA) is 70.6 Å². The highest BCUT2D eigenvalue weighted by Gasteiger charge is 2.23. The van der Waals surface area contributed by atoms with Crippen LogP contribution in [0.2, 0.25) is 0 Å². The van der Waals surface area contributed by atoms with Crippen molar-refractivity contribution < 1.29 is 23.0 Å². The second-order valence-electron chi connectivity index (χ2n) is 7.16.